The van der Waals surface area contributed by atoms with Crippen molar-refractivity contribution in [1.29, 1.82) is 0 Å². The first kappa shape index (κ1) is 20.8. The summed E-state index contributed by atoms with van der Waals surface area (Å²) in [7, 11) is 3.11. The second-order valence-electron chi connectivity index (χ2n) is 6.23. The Morgan fingerprint density at radius 2 is 1.83 bits per heavy atom. The molecule has 154 valence electrons. The van der Waals surface area contributed by atoms with Gasteiger partial charge in [-0.2, -0.15) is 9.97 Å². The van der Waals surface area contributed by atoms with Crippen LogP contribution in [0.2, 0.25) is 0 Å². The summed E-state index contributed by atoms with van der Waals surface area (Å²) in [6.45, 7) is 3.60. The highest BCUT2D eigenvalue weighted by atomic mass is 32.2. The molecule has 9 nitrogen and oxygen atoms in total. The average molecular weight is 417 g/mol. The van der Waals surface area contributed by atoms with Crippen LogP contribution in [-0.4, -0.2) is 53.2 Å². The van der Waals surface area contributed by atoms with Crippen LogP contribution in [0.15, 0.2) is 34.5 Å². The van der Waals surface area contributed by atoms with Crippen molar-refractivity contribution in [2.45, 2.75) is 36.2 Å². The number of anilines is 2. The van der Waals surface area contributed by atoms with Crippen LogP contribution in [0.1, 0.15) is 26.2 Å². The lowest BCUT2D eigenvalue weighted by Gasteiger charge is -2.27. The number of allylic oxidation sites excluding steroid dienone is 1. The zero-order chi connectivity index (χ0) is 20.6. The van der Waals surface area contributed by atoms with E-state index in [2.05, 4.69) is 30.2 Å². The molecule has 0 bridgehead atoms. The molecule has 1 fully saturated rings. The van der Waals surface area contributed by atoms with E-state index in [0.29, 0.717) is 33.6 Å². The van der Waals surface area contributed by atoms with Crippen molar-refractivity contribution in [2.75, 3.05) is 37.5 Å². The van der Waals surface area contributed by atoms with E-state index in [0.717, 1.165) is 25.9 Å². The lowest BCUT2D eigenvalue weighted by Crippen LogP contribution is -2.31. The van der Waals surface area contributed by atoms with E-state index in [1.807, 2.05) is 0 Å². The number of hydrogen-bond donors (Lipinski definition) is 1. The van der Waals surface area contributed by atoms with Crippen molar-refractivity contribution < 1.29 is 14.3 Å². The van der Waals surface area contributed by atoms with Crippen molar-refractivity contribution in [3.05, 3.63) is 24.4 Å². The van der Waals surface area contributed by atoms with Crippen molar-refractivity contribution in [1.82, 2.24) is 19.9 Å². The van der Waals surface area contributed by atoms with E-state index >= 15 is 0 Å². The molecule has 1 amide bonds. The first-order chi connectivity index (χ1) is 14.1. The van der Waals surface area contributed by atoms with Crippen LogP contribution in [0, 0.1) is 0 Å². The number of aromatic nitrogens is 4. The third-order valence-electron chi connectivity index (χ3n) is 4.21. The number of rotatable bonds is 7. The first-order valence-corrected chi connectivity index (χ1v) is 10.2. The Kier molecular flexibility index (Phi) is 7.23. The zero-order valence-corrected chi connectivity index (χ0v) is 17.5. The van der Waals surface area contributed by atoms with Gasteiger partial charge < -0.3 is 19.7 Å². The molecular weight excluding hydrogens is 392 g/mol. The SMILES string of the molecule is C/C=C/C(=O)Nc1ccnc(Sc2c(OC)nc(N3CCCCC3)nc2OC)n1. The van der Waals surface area contributed by atoms with E-state index in [4.69, 9.17) is 9.47 Å². The summed E-state index contributed by atoms with van der Waals surface area (Å²) in [5.74, 6) is 1.53. The molecule has 10 heteroatoms. The van der Waals surface area contributed by atoms with Gasteiger partial charge in [0.05, 0.1) is 14.2 Å². The average Bonchev–Trinajstić information content (AvgIpc) is 2.74. The minimum absolute atomic E-state index is 0.258. The van der Waals surface area contributed by atoms with Crippen LogP contribution in [-0.2, 0) is 4.79 Å². The molecule has 29 heavy (non-hydrogen) atoms. The number of hydrogen-bond acceptors (Lipinski definition) is 9. The van der Waals surface area contributed by atoms with Crippen LogP contribution >= 0.6 is 11.8 Å². The van der Waals surface area contributed by atoms with E-state index in [9.17, 15) is 4.79 Å². The largest absolute Gasteiger partial charge is 0.480 e. The molecule has 0 atom stereocenters. The van der Waals surface area contributed by atoms with E-state index in [1.165, 1.54) is 24.3 Å². The first-order valence-electron chi connectivity index (χ1n) is 9.34. The van der Waals surface area contributed by atoms with Crippen molar-refractivity contribution in [3.8, 4) is 11.8 Å². The quantitative estimate of drug-likeness (QED) is 0.539. The molecule has 0 unspecified atom stereocenters. The fourth-order valence-corrected chi connectivity index (χ4v) is 3.74. The predicted molar refractivity (Wildman–Crippen MR) is 111 cm³/mol. The summed E-state index contributed by atoms with van der Waals surface area (Å²) >= 11 is 1.21. The van der Waals surface area contributed by atoms with Gasteiger partial charge in [0.2, 0.25) is 23.6 Å². The van der Waals surface area contributed by atoms with Gasteiger partial charge in [0.1, 0.15) is 10.7 Å². The standard InChI is InChI=1S/C19H24N6O3S/c1-4-8-14(26)21-13-9-10-20-19(22-13)29-15-16(27-2)23-18(24-17(15)28-3)25-11-6-5-7-12-25/h4,8-10H,5-7,11-12H2,1-3H3,(H,20,21,22,26)/b8-4+. The highest BCUT2D eigenvalue weighted by Crippen LogP contribution is 2.40. The molecule has 0 aliphatic carbocycles. The maximum atomic E-state index is 11.7. The molecular formula is C19H24N6O3S. The van der Waals surface area contributed by atoms with Crippen LogP contribution in [0.4, 0.5) is 11.8 Å². The van der Waals surface area contributed by atoms with Crippen LogP contribution < -0.4 is 19.7 Å². The Morgan fingerprint density at radius 1 is 1.14 bits per heavy atom. The van der Waals surface area contributed by atoms with Gasteiger partial charge in [-0.05, 0) is 50.1 Å². The van der Waals surface area contributed by atoms with Crippen LogP contribution in [0.25, 0.3) is 0 Å². The van der Waals surface area contributed by atoms with Gasteiger partial charge >= 0.3 is 0 Å². The second-order valence-corrected chi connectivity index (χ2v) is 7.21. The summed E-state index contributed by atoms with van der Waals surface area (Å²) in [6.07, 6.45) is 8.10. The van der Waals surface area contributed by atoms with Gasteiger partial charge in [-0.3, -0.25) is 4.79 Å². The summed E-state index contributed by atoms with van der Waals surface area (Å²) < 4.78 is 11.0. The maximum Gasteiger partial charge on any atom is 0.249 e. The number of amides is 1. The number of ether oxygens (including phenoxy) is 2. The minimum Gasteiger partial charge on any atom is -0.480 e. The van der Waals surface area contributed by atoms with Crippen molar-refractivity contribution in [3.63, 3.8) is 0 Å². The Labute approximate surface area is 174 Å². The van der Waals surface area contributed by atoms with Crippen LogP contribution in [0.5, 0.6) is 11.8 Å². The summed E-state index contributed by atoms with van der Waals surface area (Å²) in [4.78, 5) is 32.2. The third-order valence-corrected chi connectivity index (χ3v) is 5.15. The highest BCUT2D eigenvalue weighted by Gasteiger charge is 2.22. The second kappa shape index (κ2) is 10.1. The number of piperidine rings is 1. The molecule has 0 saturated carbocycles. The number of methoxy groups -OCH3 is 2. The lowest BCUT2D eigenvalue weighted by atomic mass is 10.1. The van der Waals surface area contributed by atoms with Gasteiger partial charge in [0.25, 0.3) is 0 Å². The molecule has 0 spiro atoms. The number of nitrogens with zero attached hydrogens (tertiary/aromatic N) is 5. The van der Waals surface area contributed by atoms with Gasteiger partial charge in [0, 0.05) is 19.3 Å². The normalized spacial score (nSPS) is 14.1. The monoisotopic (exact) mass is 416 g/mol. The molecule has 0 radical (unpaired) electrons. The fourth-order valence-electron chi connectivity index (χ4n) is 2.87. The van der Waals surface area contributed by atoms with Gasteiger partial charge in [-0.25, -0.2) is 9.97 Å². The lowest BCUT2D eigenvalue weighted by molar-refractivity contribution is -0.111. The maximum absolute atomic E-state index is 11.7. The molecule has 1 aliphatic heterocycles. The Balaban J connectivity index is 1.87. The Morgan fingerprint density at radius 3 is 2.45 bits per heavy atom. The van der Waals surface area contributed by atoms with Gasteiger partial charge in [0.15, 0.2) is 5.16 Å². The summed E-state index contributed by atoms with van der Waals surface area (Å²) in [6, 6.07) is 1.62. The van der Waals surface area contributed by atoms with E-state index in [-0.39, 0.29) is 5.91 Å². The van der Waals surface area contributed by atoms with Gasteiger partial charge in [-0.1, -0.05) is 6.08 Å². The molecule has 3 heterocycles. The molecule has 1 aliphatic rings. The van der Waals surface area contributed by atoms with Crippen LogP contribution in [0.3, 0.4) is 0 Å². The molecule has 2 aromatic rings. The minimum atomic E-state index is -0.258. The highest BCUT2D eigenvalue weighted by molar-refractivity contribution is 7.99. The predicted octanol–water partition coefficient (Wildman–Crippen LogP) is 2.94. The molecule has 0 aromatic carbocycles. The van der Waals surface area contributed by atoms with Crippen molar-refractivity contribution >= 4 is 29.4 Å². The summed E-state index contributed by atoms with van der Waals surface area (Å²) in [5.41, 5.74) is 0. The zero-order valence-electron chi connectivity index (χ0n) is 16.7. The van der Waals surface area contributed by atoms with E-state index in [1.54, 1.807) is 39.5 Å². The topological polar surface area (TPSA) is 102 Å². The molecule has 1 saturated heterocycles. The Bertz CT molecular complexity index is 861. The summed E-state index contributed by atoms with van der Waals surface area (Å²) in [5, 5.41) is 3.10. The number of nitrogens with one attached hydrogen (secondary N) is 1. The molecule has 1 N–H and O–H groups in total. The van der Waals surface area contributed by atoms with Gasteiger partial charge in [-0.15, -0.1) is 0 Å². The van der Waals surface area contributed by atoms with E-state index < -0.39 is 0 Å². The van der Waals surface area contributed by atoms with Crippen molar-refractivity contribution in [2.24, 2.45) is 0 Å². The Hall–Kier alpha value is -2.88. The number of carbonyl (C=O) groups is 1. The smallest absolute Gasteiger partial charge is 0.249 e. The third kappa shape index (κ3) is 5.35. The molecule has 3 rings (SSSR count). The number of carbonyl (C=O) groups excluding carboxylic acids is 1. The molecule has 2 aromatic heterocycles. The fraction of sp³-hybridized carbons (Fsp3) is 0.421.